The summed E-state index contributed by atoms with van der Waals surface area (Å²) >= 11 is -5.62. The molecule has 11 heavy (non-hydrogen) atoms. The quantitative estimate of drug-likeness (QED) is 0.243. The van der Waals surface area contributed by atoms with E-state index in [1.165, 1.54) is 0 Å². The van der Waals surface area contributed by atoms with E-state index in [9.17, 15) is 0 Å². The molecule has 0 amide bonds. The van der Waals surface area contributed by atoms with Crippen molar-refractivity contribution >= 4 is 27.8 Å². The fraction of sp³-hybridized carbons (Fsp3) is 0. The molecule has 0 fully saturated rings. The zero-order chi connectivity index (χ0) is 9.00. The third kappa shape index (κ3) is 8870. The van der Waals surface area contributed by atoms with Crippen LogP contribution in [-0.2, 0) is 34.9 Å². The third-order valence-corrected chi connectivity index (χ3v) is 0. The molecule has 0 aromatic rings. The van der Waals surface area contributed by atoms with Crippen molar-refractivity contribution in [2.45, 2.75) is 0 Å². The normalized spacial score (nSPS) is 10.5. The van der Waals surface area contributed by atoms with E-state index in [-0.39, 0.29) is 17.4 Å². The average molecular weight is 242 g/mol. The second kappa shape index (κ2) is 5.87. The summed E-state index contributed by atoms with van der Waals surface area (Å²) in [6, 6.07) is 0. The summed E-state index contributed by atoms with van der Waals surface area (Å²) in [4.78, 5) is 0. The van der Waals surface area contributed by atoms with Gasteiger partial charge in [0.1, 0.15) is 0 Å². The molecule has 0 spiro atoms. The first-order chi connectivity index (χ1) is 4.00. The van der Waals surface area contributed by atoms with Crippen LogP contribution in [0.4, 0.5) is 0 Å². The average Bonchev–Trinajstić information content (AvgIpc) is 1.12. The molecule has 0 aromatic carbocycles. The molecule has 0 saturated heterocycles. The molecule has 0 heterocycles. The molecular weight excluding hydrogens is 242 g/mol. The molecule has 0 aliphatic heterocycles. The summed E-state index contributed by atoms with van der Waals surface area (Å²) in [7, 11) is -5.17. The van der Waals surface area contributed by atoms with Crippen molar-refractivity contribution in [3.05, 3.63) is 0 Å². The zero-order valence-corrected chi connectivity index (χ0v) is 7.78. The molecule has 0 saturated carbocycles. The van der Waals surface area contributed by atoms with Crippen LogP contribution in [0.5, 0.6) is 0 Å². The summed E-state index contributed by atoms with van der Waals surface area (Å²) in [5, 5.41) is 0. The van der Waals surface area contributed by atoms with Gasteiger partial charge in [-0.15, -0.1) is 0 Å². The van der Waals surface area contributed by atoms with Gasteiger partial charge in [0, 0.05) is 10.4 Å². The zero-order valence-electron chi connectivity index (χ0n) is 4.63. The van der Waals surface area contributed by atoms with Crippen molar-refractivity contribution in [1.29, 1.82) is 0 Å². The van der Waals surface area contributed by atoms with Gasteiger partial charge in [0.25, 0.3) is 0 Å². The number of hydrogen-bond acceptors (Lipinski definition) is 8. The van der Waals surface area contributed by atoms with E-state index in [0.29, 0.717) is 0 Å². The van der Waals surface area contributed by atoms with Crippen LogP contribution in [0.2, 0.25) is 0 Å². The third-order valence-electron chi connectivity index (χ3n) is 0. The molecule has 0 radical (unpaired) electrons. The molecule has 0 atom stereocenters. The van der Waals surface area contributed by atoms with Crippen LogP contribution in [-0.4, -0.2) is 34.9 Å². The van der Waals surface area contributed by atoms with E-state index in [2.05, 4.69) is 0 Å². The molecule has 0 rings (SSSR count). The van der Waals surface area contributed by atoms with Crippen molar-refractivity contribution < 1.29 is 46.2 Å². The Hall–Kier alpha value is 0.282. The summed E-state index contributed by atoms with van der Waals surface area (Å²) in [6.07, 6.45) is 0. The number of hydrogen-bond donors (Lipinski definition) is 0. The Balaban J connectivity index is -0.000000107. The van der Waals surface area contributed by atoms with Gasteiger partial charge in [-0.25, -0.2) is 0 Å². The van der Waals surface area contributed by atoms with Crippen LogP contribution < -0.4 is 4.19 Å². The molecule has 0 aromatic heterocycles. The molecule has 8 nitrogen and oxygen atoms in total. The Morgan fingerprint density at radius 2 is 1.00 bits per heavy atom. The van der Waals surface area contributed by atoms with Crippen molar-refractivity contribution in [3.63, 3.8) is 0 Å². The summed E-state index contributed by atoms with van der Waals surface area (Å²) in [5.41, 5.74) is 0. The predicted molar refractivity (Wildman–Crippen MR) is 18.3 cm³/mol. The van der Waals surface area contributed by atoms with Crippen molar-refractivity contribution in [1.82, 2.24) is 0 Å². The fourth-order valence-corrected chi connectivity index (χ4v) is 0. The van der Waals surface area contributed by atoms with Gasteiger partial charge in [0.15, 0.2) is 0 Å². The van der Waals surface area contributed by atoms with Crippen molar-refractivity contribution in [3.8, 4) is 0 Å². The molecule has 0 unspecified atom stereocenters. The fourth-order valence-electron chi connectivity index (χ4n) is 0. The van der Waals surface area contributed by atoms with E-state index in [1.54, 1.807) is 0 Å². The van der Waals surface area contributed by atoms with Crippen LogP contribution in [0.15, 0.2) is 0 Å². The Morgan fingerprint density at radius 1 is 1.00 bits per heavy atom. The predicted octanol–water partition coefficient (Wildman–Crippen LogP) is -3.27. The van der Waals surface area contributed by atoms with Crippen molar-refractivity contribution in [2.24, 2.45) is 0 Å². The molecule has 64 valence electrons. The molecule has 11 heteroatoms. The molecule has 0 aliphatic carbocycles. The van der Waals surface area contributed by atoms with E-state index in [1.807, 2.05) is 0 Å². The van der Waals surface area contributed by atoms with Crippen LogP contribution in [0.1, 0.15) is 0 Å². The van der Waals surface area contributed by atoms with Gasteiger partial charge in [-0.05, 0) is 0 Å². The van der Waals surface area contributed by atoms with Crippen LogP contribution in [0.3, 0.4) is 0 Å². The maximum atomic E-state index is 8.58. The van der Waals surface area contributed by atoms with E-state index < -0.39 is 23.4 Å². The van der Waals surface area contributed by atoms with E-state index >= 15 is 0 Å². The van der Waals surface area contributed by atoms with Crippen LogP contribution in [0, 0.1) is 0 Å². The van der Waals surface area contributed by atoms with E-state index in [0.717, 1.165) is 0 Å². The van der Waals surface area contributed by atoms with Crippen LogP contribution >= 0.6 is 0 Å². The van der Waals surface area contributed by atoms with Gasteiger partial charge in [-0.1, -0.05) is 0 Å². The Labute approximate surface area is 74.1 Å². The monoisotopic (exact) mass is 242 g/mol. The van der Waals surface area contributed by atoms with Gasteiger partial charge in [0.05, 0.1) is 0 Å². The van der Waals surface area contributed by atoms with E-state index in [4.69, 9.17) is 33.2 Å². The molecule has 0 bridgehead atoms. The summed E-state index contributed by atoms with van der Waals surface area (Å²) in [6.45, 7) is 0. The standard InChI is InChI=1S/Al.Mn.H2O4S.4O/c;;1-5(2,3)4;;;;/h;;(H2,1,2,3,4);;;;/q+3;;;;;;-1/p-2. The van der Waals surface area contributed by atoms with Crippen LogP contribution in [0.25, 0.3) is 0 Å². The SMILES string of the molecule is O=S(=O)([O-])[O-].[Al+3].[O]=[Mn](=[O])(=[O])[O-]. The second-order valence-electron chi connectivity index (χ2n) is 0.786. The summed E-state index contributed by atoms with van der Waals surface area (Å²) < 4.78 is 68.4. The summed E-state index contributed by atoms with van der Waals surface area (Å²) in [5.74, 6) is 0. The Bertz CT molecular complexity index is 289. The van der Waals surface area contributed by atoms with Gasteiger partial charge in [0.2, 0.25) is 0 Å². The Morgan fingerprint density at radius 3 is 1.00 bits per heavy atom. The molecular formula is AlMnO8S. The van der Waals surface area contributed by atoms with Gasteiger partial charge >= 0.3 is 46.0 Å². The first kappa shape index (κ1) is 17.4. The first-order valence-corrected chi connectivity index (χ1v) is 4.54. The Kier molecular flexibility index (Phi) is 9.28. The van der Waals surface area contributed by atoms with Gasteiger partial charge in [-0.3, -0.25) is 8.42 Å². The number of rotatable bonds is 0. The minimum atomic E-state index is -5.62. The molecule has 0 N–H and O–H groups in total. The van der Waals surface area contributed by atoms with Gasteiger partial charge in [-0.2, -0.15) is 0 Å². The molecule has 0 aliphatic rings. The van der Waals surface area contributed by atoms with Gasteiger partial charge < -0.3 is 9.11 Å². The topological polar surface area (TPSA) is 155 Å². The minimum absolute atomic E-state index is 0. The second-order valence-corrected chi connectivity index (χ2v) is 2.78. The van der Waals surface area contributed by atoms with Crippen molar-refractivity contribution in [2.75, 3.05) is 0 Å². The first-order valence-electron chi connectivity index (χ1n) is 1.28. The maximum absolute atomic E-state index is 8.58.